The summed E-state index contributed by atoms with van der Waals surface area (Å²) in [6.07, 6.45) is 3.50. The van der Waals surface area contributed by atoms with E-state index in [4.69, 9.17) is 4.74 Å². The van der Waals surface area contributed by atoms with E-state index in [0.717, 1.165) is 38.2 Å². The Hall–Kier alpha value is -1.39. The second-order valence-electron chi connectivity index (χ2n) is 8.32. The summed E-state index contributed by atoms with van der Waals surface area (Å²) in [4.78, 5) is 15.1. The van der Waals surface area contributed by atoms with Crippen LogP contribution < -0.4 is 5.32 Å². The van der Waals surface area contributed by atoms with Gasteiger partial charge in [-0.2, -0.15) is 0 Å². The van der Waals surface area contributed by atoms with Crippen LogP contribution in [0.4, 0.5) is 5.69 Å². The van der Waals surface area contributed by atoms with Crippen molar-refractivity contribution in [1.29, 1.82) is 0 Å². The van der Waals surface area contributed by atoms with Crippen LogP contribution in [-0.2, 0) is 14.9 Å². The molecule has 2 fully saturated rings. The van der Waals surface area contributed by atoms with Crippen molar-refractivity contribution in [2.45, 2.75) is 64.0 Å². The molecule has 1 saturated heterocycles. The molecule has 1 atom stereocenters. The van der Waals surface area contributed by atoms with E-state index >= 15 is 0 Å². The second kappa shape index (κ2) is 6.49. The van der Waals surface area contributed by atoms with Gasteiger partial charge in [-0.05, 0) is 43.2 Å². The number of anilines is 1. The first kappa shape index (κ1) is 17.4. The quantitative estimate of drug-likeness (QED) is 0.921. The molecule has 24 heavy (non-hydrogen) atoms. The minimum Gasteiger partial charge on any atom is -0.372 e. The molecule has 132 valence electrons. The zero-order valence-corrected chi connectivity index (χ0v) is 15.4. The lowest BCUT2D eigenvalue weighted by atomic mass is 9.78. The van der Waals surface area contributed by atoms with Gasteiger partial charge in [0.2, 0.25) is 5.91 Å². The second-order valence-corrected chi connectivity index (χ2v) is 8.32. The van der Waals surface area contributed by atoms with Crippen molar-refractivity contribution in [2.24, 2.45) is 0 Å². The van der Waals surface area contributed by atoms with Crippen molar-refractivity contribution >= 4 is 11.6 Å². The van der Waals surface area contributed by atoms with Gasteiger partial charge in [-0.15, -0.1) is 0 Å². The fourth-order valence-corrected chi connectivity index (χ4v) is 3.73. The van der Waals surface area contributed by atoms with E-state index in [2.05, 4.69) is 37.1 Å². The minimum atomic E-state index is -0.139. The molecule has 1 heterocycles. The third-order valence-electron chi connectivity index (χ3n) is 5.46. The lowest BCUT2D eigenvalue weighted by molar-refractivity contribution is -0.160. The van der Waals surface area contributed by atoms with Gasteiger partial charge in [0, 0.05) is 18.8 Å². The van der Waals surface area contributed by atoms with Crippen LogP contribution in [0.5, 0.6) is 0 Å². The summed E-state index contributed by atoms with van der Waals surface area (Å²) in [5.74, 6) is 0.0723. The Kier molecular flexibility index (Phi) is 4.71. The maximum atomic E-state index is 12.8. The molecule has 1 N–H and O–H groups in total. The number of benzene rings is 1. The molecule has 0 aromatic heterocycles. The molecule has 2 aliphatic rings. The number of para-hydroxylation sites is 1. The fraction of sp³-hybridized carbons (Fsp3) is 0.650. The van der Waals surface area contributed by atoms with Crippen molar-refractivity contribution in [1.82, 2.24) is 4.90 Å². The zero-order valence-electron chi connectivity index (χ0n) is 15.4. The molecule has 0 unspecified atom stereocenters. The smallest absolute Gasteiger partial charge is 0.241 e. The molecule has 0 radical (unpaired) electrons. The molecular weight excluding hydrogens is 300 g/mol. The average molecular weight is 330 g/mol. The Labute approximate surface area is 145 Å². The summed E-state index contributed by atoms with van der Waals surface area (Å²) in [6.45, 7) is 11.0. The standard InChI is InChI=1S/C20H30N2O2/c1-15(22-12-13-24-20(14-22)10-7-11-20)18(23)21-17-9-6-5-8-16(17)19(2,3)4/h5-6,8-9,15H,7,10-14H2,1-4H3,(H,21,23)/t15-/m0/s1. The third kappa shape index (κ3) is 3.50. The predicted octanol–water partition coefficient (Wildman–Crippen LogP) is 3.57. The predicted molar refractivity (Wildman–Crippen MR) is 97.3 cm³/mol. The summed E-state index contributed by atoms with van der Waals surface area (Å²) >= 11 is 0. The van der Waals surface area contributed by atoms with Crippen molar-refractivity contribution in [2.75, 3.05) is 25.0 Å². The number of rotatable bonds is 3. The normalized spacial score (nSPS) is 22.0. The number of hydrogen-bond donors (Lipinski definition) is 1. The van der Waals surface area contributed by atoms with E-state index in [1.807, 2.05) is 25.1 Å². The molecule has 3 rings (SSSR count). The van der Waals surface area contributed by atoms with Crippen LogP contribution in [-0.4, -0.2) is 42.1 Å². The minimum absolute atomic E-state index is 0.00205. The summed E-state index contributed by atoms with van der Waals surface area (Å²) in [7, 11) is 0. The van der Waals surface area contributed by atoms with E-state index in [9.17, 15) is 4.79 Å². The van der Waals surface area contributed by atoms with Crippen molar-refractivity contribution in [3.63, 3.8) is 0 Å². The van der Waals surface area contributed by atoms with Crippen LogP contribution >= 0.6 is 0 Å². The average Bonchev–Trinajstić information content (AvgIpc) is 2.52. The van der Waals surface area contributed by atoms with E-state index in [1.165, 1.54) is 12.0 Å². The van der Waals surface area contributed by atoms with Gasteiger partial charge in [0.25, 0.3) is 0 Å². The Morgan fingerprint density at radius 1 is 1.29 bits per heavy atom. The highest BCUT2D eigenvalue weighted by Gasteiger charge is 2.43. The molecule has 0 bridgehead atoms. The maximum absolute atomic E-state index is 12.8. The number of amides is 1. The van der Waals surface area contributed by atoms with Crippen LogP contribution in [0.3, 0.4) is 0 Å². The molecule has 1 spiro atoms. The number of morpholine rings is 1. The first-order valence-electron chi connectivity index (χ1n) is 9.09. The molecule has 1 saturated carbocycles. The molecule has 1 aromatic rings. The largest absolute Gasteiger partial charge is 0.372 e. The van der Waals surface area contributed by atoms with E-state index in [0.29, 0.717) is 0 Å². The molecule has 1 aliphatic heterocycles. The number of carbonyl (C=O) groups is 1. The third-order valence-corrected chi connectivity index (χ3v) is 5.46. The number of carbonyl (C=O) groups excluding carboxylic acids is 1. The highest BCUT2D eigenvalue weighted by Crippen LogP contribution is 2.38. The van der Waals surface area contributed by atoms with Gasteiger partial charge in [0.1, 0.15) is 0 Å². The monoisotopic (exact) mass is 330 g/mol. The maximum Gasteiger partial charge on any atom is 0.241 e. The Balaban J connectivity index is 1.69. The first-order valence-corrected chi connectivity index (χ1v) is 9.09. The van der Waals surface area contributed by atoms with Crippen LogP contribution in [0.25, 0.3) is 0 Å². The molecule has 1 aliphatic carbocycles. The van der Waals surface area contributed by atoms with Gasteiger partial charge in [-0.1, -0.05) is 39.0 Å². The van der Waals surface area contributed by atoms with Crippen LogP contribution in [0.15, 0.2) is 24.3 Å². The Morgan fingerprint density at radius 2 is 2.00 bits per heavy atom. The summed E-state index contributed by atoms with van der Waals surface area (Å²) < 4.78 is 5.97. The van der Waals surface area contributed by atoms with Gasteiger partial charge in [-0.3, -0.25) is 9.69 Å². The van der Waals surface area contributed by atoms with Crippen molar-refractivity contribution in [3.8, 4) is 0 Å². The summed E-state index contributed by atoms with van der Waals surface area (Å²) in [5.41, 5.74) is 2.12. The molecule has 1 aromatic carbocycles. The highest BCUT2D eigenvalue weighted by molar-refractivity contribution is 5.95. The SMILES string of the molecule is C[C@@H](C(=O)Nc1ccccc1C(C)(C)C)N1CCOC2(CCC2)C1. The van der Waals surface area contributed by atoms with E-state index in [1.54, 1.807) is 0 Å². The number of hydrogen-bond acceptors (Lipinski definition) is 3. The highest BCUT2D eigenvalue weighted by atomic mass is 16.5. The summed E-state index contributed by atoms with van der Waals surface area (Å²) in [6, 6.07) is 7.96. The van der Waals surface area contributed by atoms with Crippen molar-refractivity contribution < 1.29 is 9.53 Å². The van der Waals surface area contributed by atoms with Gasteiger partial charge < -0.3 is 10.1 Å². The van der Waals surface area contributed by atoms with Crippen LogP contribution in [0.1, 0.15) is 52.5 Å². The first-order chi connectivity index (χ1) is 11.3. The fourth-order valence-electron chi connectivity index (χ4n) is 3.73. The molecular formula is C20H30N2O2. The van der Waals surface area contributed by atoms with Crippen molar-refractivity contribution in [3.05, 3.63) is 29.8 Å². The number of ether oxygens (including phenoxy) is 1. The van der Waals surface area contributed by atoms with Gasteiger partial charge in [-0.25, -0.2) is 0 Å². The Morgan fingerprint density at radius 3 is 2.62 bits per heavy atom. The molecule has 4 heteroatoms. The topological polar surface area (TPSA) is 41.6 Å². The van der Waals surface area contributed by atoms with Gasteiger partial charge >= 0.3 is 0 Å². The van der Waals surface area contributed by atoms with E-state index < -0.39 is 0 Å². The summed E-state index contributed by atoms with van der Waals surface area (Å²) in [5, 5.41) is 3.16. The van der Waals surface area contributed by atoms with E-state index in [-0.39, 0.29) is 23.0 Å². The number of nitrogens with one attached hydrogen (secondary N) is 1. The van der Waals surface area contributed by atoms with Crippen LogP contribution in [0.2, 0.25) is 0 Å². The lowest BCUT2D eigenvalue weighted by Gasteiger charge is -2.49. The van der Waals surface area contributed by atoms with Crippen LogP contribution in [0, 0.1) is 0 Å². The van der Waals surface area contributed by atoms with Gasteiger partial charge in [0.15, 0.2) is 0 Å². The lowest BCUT2D eigenvalue weighted by Crippen LogP contribution is -2.59. The molecule has 4 nitrogen and oxygen atoms in total. The Bertz CT molecular complexity index is 602. The zero-order chi connectivity index (χ0) is 17.4. The van der Waals surface area contributed by atoms with Gasteiger partial charge in [0.05, 0.1) is 18.2 Å². The molecule has 1 amide bonds. The number of nitrogens with zero attached hydrogens (tertiary/aromatic N) is 1.